The highest BCUT2D eigenvalue weighted by Crippen LogP contribution is 2.23. The van der Waals surface area contributed by atoms with Crippen molar-refractivity contribution in [3.8, 4) is 5.69 Å². The molecule has 0 bridgehead atoms. The van der Waals surface area contributed by atoms with Gasteiger partial charge in [0.1, 0.15) is 5.69 Å². The number of rotatable bonds is 5. The Morgan fingerprint density at radius 2 is 1.81 bits per heavy atom. The third-order valence-corrected chi connectivity index (χ3v) is 6.09. The van der Waals surface area contributed by atoms with Gasteiger partial charge in [0.25, 0.3) is 0 Å². The van der Waals surface area contributed by atoms with Crippen molar-refractivity contribution in [3.63, 3.8) is 0 Å². The van der Waals surface area contributed by atoms with Crippen LogP contribution < -0.4 is 5.69 Å². The summed E-state index contributed by atoms with van der Waals surface area (Å²) in [5.41, 5.74) is 2.57. The molecule has 0 radical (unpaired) electrons. The quantitative estimate of drug-likeness (QED) is 0.589. The first-order valence-corrected chi connectivity index (χ1v) is 11.0. The summed E-state index contributed by atoms with van der Waals surface area (Å²) in [6.07, 6.45) is 5.34. The zero-order valence-electron chi connectivity index (χ0n) is 18.4. The lowest BCUT2D eigenvalue weighted by Gasteiger charge is -2.32. The Bertz CT molecular complexity index is 1110. The molecule has 1 amide bonds. The first kappa shape index (κ1) is 21.0. The fourth-order valence-corrected chi connectivity index (χ4v) is 4.47. The lowest BCUT2D eigenvalue weighted by molar-refractivity contribution is 0.157. The van der Waals surface area contributed by atoms with E-state index in [9.17, 15) is 9.59 Å². The van der Waals surface area contributed by atoms with E-state index >= 15 is 0 Å². The number of hydrogen-bond acceptors (Lipinski definition) is 5. The van der Waals surface area contributed by atoms with Gasteiger partial charge in [-0.2, -0.15) is 9.78 Å². The molecule has 9 heteroatoms. The van der Waals surface area contributed by atoms with Crippen molar-refractivity contribution in [2.75, 3.05) is 6.54 Å². The van der Waals surface area contributed by atoms with Gasteiger partial charge in [-0.25, -0.2) is 9.59 Å². The van der Waals surface area contributed by atoms with Crippen LogP contribution >= 0.6 is 0 Å². The summed E-state index contributed by atoms with van der Waals surface area (Å²) >= 11 is 0. The standard InChI is InChI=1S/C22H29N7O2/c1-4-26(19-13-9-6-10-14-19)21(30)29-22(31)28(24-25-29)20-16(2)23-27(17(20)3)15-18-11-7-5-8-12-18/h5,7-8,11-12,19H,4,6,9-10,13-15H2,1-3H3. The maximum atomic E-state index is 13.1. The van der Waals surface area contributed by atoms with Gasteiger partial charge in [-0.15, -0.1) is 4.68 Å². The summed E-state index contributed by atoms with van der Waals surface area (Å²) in [7, 11) is 0. The van der Waals surface area contributed by atoms with Crippen LogP contribution in [0.2, 0.25) is 0 Å². The maximum Gasteiger partial charge on any atom is 0.377 e. The summed E-state index contributed by atoms with van der Waals surface area (Å²) in [5.74, 6) is 0. The molecule has 0 unspecified atom stereocenters. The largest absolute Gasteiger partial charge is 0.377 e. The van der Waals surface area contributed by atoms with Crippen LogP contribution in [-0.2, 0) is 6.54 Å². The highest BCUT2D eigenvalue weighted by atomic mass is 16.2. The van der Waals surface area contributed by atoms with Crippen molar-refractivity contribution in [2.24, 2.45) is 0 Å². The molecule has 1 saturated carbocycles. The van der Waals surface area contributed by atoms with Crippen molar-refractivity contribution < 1.29 is 4.79 Å². The fraction of sp³-hybridized carbons (Fsp3) is 0.500. The second-order valence-electron chi connectivity index (χ2n) is 8.11. The smallest absolute Gasteiger partial charge is 0.320 e. The van der Waals surface area contributed by atoms with Crippen LogP contribution in [0.15, 0.2) is 35.1 Å². The van der Waals surface area contributed by atoms with E-state index in [1.165, 1.54) is 11.1 Å². The van der Waals surface area contributed by atoms with Gasteiger partial charge in [0.15, 0.2) is 0 Å². The Morgan fingerprint density at radius 1 is 1.10 bits per heavy atom. The SMILES string of the molecule is CCN(C(=O)n1nnn(-c2c(C)nn(Cc3ccccc3)c2C)c1=O)C1CCCCC1. The minimum atomic E-state index is -0.565. The van der Waals surface area contributed by atoms with Gasteiger partial charge < -0.3 is 4.90 Å². The highest BCUT2D eigenvalue weighted by molar-refractivity contribution is 5.76. The molecule has 0 aliphatic heterocycles. The van der Waals surface area contributed by atoms with Crippen LogP contribution in [-0.4, -0.2) is 53.1 Å². The van der Waals surface area contributed by atoms with Crippen molar-refractivity contribution in [2.45, 2.75) is 65.5 Å². The van der Waals surface area contributed by atoms with Gasteiger partial charge in [-0.05, 0) is 49.6 Å². The number of nitrogens with zero attached hydrogens (tertiary/aromatic N) is 7. The number of carbonyl (C=O) groups excluding carboxylic acids is 1. The molecular weight excluding hydrogens is 394 g/mol. The molecule has 3 aromatic rings. The zero-order valence-corrected chi connectivity index (χ0v) is 18.4. The maximum absolute atomic E-state index is 13.1. The summed E-state index contributed by atoms with van der Waals surface area (Å²) < 4.78 is 3.91. The van der Waals surface area contributed by atoms with Crippen molar-refractivity contribution in [1.82, 2.24) is 34.5 Å². The lowest BCUT2D eigenvalue weighted by Crippen LogP contribution is -2.47. The molecule has 0 atom stereocenters. The monoisotopic (exact) mass is 423 g/mol. The van der Waals surface area contributed by atoms with E-state index in [0.29, 0.717) is 24.5 Å². The predicted octanol–water partition coefficient (Wildman–Crippen LogP) is 2.91. The molecule has 1 fully saturated rings. The second kappa shape index (κ2) is 8.87. The number of tetrazole rings is 1. The van der Waals surface area contributed by atoms with Crippen LogP contribution in [0.4, 0.5) is 4.79 Å². The zero-order chi connectivity index (χ0) is 22.0. The number of aryl methyl sites for hydroxylation is 1. The first-order valence-electron chi connectivity index (χ1n) is 11.0. The van der Waals surface area contributed by atoms with Crippen LogP contribution in [0, 0.1) is 13.8 Å². The van der Waals surface area contributed by atoms with Crippen LogP contribution in [0.5, 0.6) is 0 Å². The van der Waals surface area contributed by atoms with Gasteiger partial charge in [0, 0.05) is 12.6 Å². The summed E-state index contributed by atoms with van der Waals surface area (Å²) in [4.78, 5) is 28.0. The predicted molar refractivity (Wildman–Crippen MR) is 116 cm³/mol. The average Bonchev–Trinajstić information content (AvgIpc) is 3.28. The Labute approximate surface area is 181 Å². The van der Waals surface area contributed by atoms with Crippen LogP contribution in [0.1, 0.15) is 56.0 Å². The molecule has 0 N–H and O–H groups in total. The minimum Gasteiger partial charge on any atom is -0.320 e. The lowest BCUT2D eigenvalue weighted by atomic mass is 9.94. The number of benzene rings is 1. The van der Waals surface area contributed by atoms with Crippen LogP contribution in [0.25, 0.3) is 5.69 Å². The summed E-state index contributed by atoms with van der Waals surface area (Å²) in [5, 5.41) is 12.5. The van der Waals surface area contributed by atoms with E-state index in [0.717, 1.165) is 41.6 Å². The topological polar surface area (TPSA) is 90.8 Å². The van der Waals surface area contributed by atoms with E-state index in [-0.39, 0.29) is 6.04 Å². The Hall–Kier alpha value is -3.23. The molecule has 1 aliphatic rings. The molecule has 31 heavy (non-hydrogen) atoms. The molecule has 164 valence electrons. The summed E-state index contributed by atoms with van der Waals surface area (Å²) in [6, 6.07) is 9.74. The van der Waals surface area contributed by atoms with Gasteiger partial charge >= 0.3 is 11.7 Å². The van der Waals surface area contributed by atoms with Crippen LogP contribution in [0.3, 0.4) is 0 Å². The fourth-order valence-electron chi connectivity index (χ4n) is 4.47. The Balaban J connectivity index is 1.64. The molecule has 4 rings (SSSR count). The Kier molecular flexibility index (Phi) is 6.01. The number of carbonyl (C=O) groups is 1. The number of amides is 1. The van der Waals surface area contributed by atoms with E-state index in [1.54, 1.807) is 4.90 Å². The normalized spacial score (nSPS) is 14.7. The summed E-state index contributed by atoms with van der Waals surface area (Å²) in [6.45, 7) is 6.78. The molecule has 0 spiro atoms. The molecular formula is C22H29N7O2. The van der Waals surface area contributed by atoms with Gasteiger partial charge in [0.05, 0.1) is 17.9 Å². The molecule has 0 saturated heterocycles. The molecule has 1 aromatic carbocycles. The van der Waals surface area contributed by atoms with Gasteiger partial charge in [-0.1, -0.05) is 49.6 Å². The second-order valence-corrected chi connectivity index (χ2v) is 8.11. The first-order chi connectivity index (χ1) is 15.0. The van der Waals surface area contributed by atoms with E-state index in [4.69, 9.17) is 0 Å². The Morgan fingerprint density at radius 3 is 2.48 bits per heavy atom. The van der Waals surface area contributed by atoms with E-state index in [2.05, 4.69) is 15.5 Å². The van der Waals surface area contributed by atoms with Crippen molar-refractivity contribution >= 4 is 6.03 Å². The molecule has 1 aliphatic carbocycles. The molecule has 2 aromatic heterocycles. The third-order valence-electron chi connectivity index (χ3n) is 6.09. The number of hydrogen-bond donors (Lipinski definition) is 0. The highest BCUT2D eigenvalue weighted by Gasteiger charge is 2.29. The average molecular weight is 424 g/mol. The minimum absolute atomic E-state index is 0.153. The molecule has 9 nitrogen and oxygen atoms in total. The van der Waals surface area contributed by atoms with E-state index < -0.39 is 11.7 Å². The van der Waals surface area contributed by atoms with Crippen molar-refractivity contribution in [1.29, 1.82) is 0 Å². The third kappa shape index (κ3) is 4.04. The van der Waals surface area contributed by atoms with Crippen molar-refractivity contribution in [3.05, 3.63) is 57.8 Å². The molecule has 2 heterocycles. The van der Waals surface area contributed by atoms with Gasteiger partial charge in [-0.3, -0.25) is 4.68 Å². The number of aromatic nitrogens is 6. The van der Waals surface area contributed by atoms with E-state index in [1.807, 2.05) is 55.8 Å². The van der Waals surface area contributed by atoms with Gasteiger partial charge in [0.2, 0.25) is 0 Å².